The first-order valence-corrected chi connectivity index (χ1v) is 8.05. The highest BCUT2D eigenvalue weighted by Gasteiger charge is 2.44. The van der Waals surface area contributed by atoms with Crippen molar-refractivity contribution in [1.82, 2.24) is 4.90 Å². The molecular weight excluding hydrogens is 240 g/mol. The summed E-state index contributed by atoms with van der Waals surface area (Å²) in [6, 6.07) is 0. The molecule has 0 saturated carbocycles. The molecule has 5 nitrogen and oxygen atoms in total. The summed E-state index contributed by atoms with van der Waals surface area (Å²) in [5.41, 5.74) is 5.45. The first-order valence-electron chi connectivity index (χ1n) is 6.23. The summed E-state index contributed by atoms with van der Waals surface area (Å²) in [5, 5.41) is 0. The molecule has 1 fully saturated rings. The first kappa shape index (κ1) is 14.9. The van der Waals surface area contributed by atoms with Gasteiger partial charge in [-0.25, -0.2) is 8.42 Å². The molecule has 0 amide bonds. The van der Waals surface area contributed by atoms with E-state index in [1.165, 1.54) is 0 Å². The second kappa shape index (κ2) is 6.13. The number of likely N-dealkylation sites (N-methyl/N-ethyl adjacent to an activating group) is 1. The van der Waals surface area contributed by atoms with Crippen molar-refractivity contribution in [2.45, 2.75) is 25.8 Å². The van der Waals surface area contributed by atoms with E-state index in [4.69, 9.17) is 10.5 Å². The number of ether oxygens (including phenoxy) is 1. The molecule has 102 valence electrons. The summed E-state index contributed by atoms with van der Waals surface area (Å²) >= 11 is 0. The summed E-state index contributed by atoms with van der Waals surface area (Å²) < 4.78 is 28.6. The van der Waals surface area contributed by atoms with E-state index in [9.17, 15) is 8.42 Å². The quantitative estimate of drug-likeness (QED) is 0.648. The summed E-state index contributed by atoms with van der Waals surface area (Å²) in [6.07, 6.45) is 0.645. The molecule has 6 heteroatoms. The maximum atomic E-state index is 11.6. The number of nitrogens with two attached hydrogens (primary N) is 1. The Labute approximate surface area is 104 Å². The van der Waals surface area contributed by atoms with Crippen LogP contribution < -0.4 is 5.73 Å². The predicted molar refractivity (Wildman–Crippen MR) is 68.8 cm³/mol. The summed E-state index contributed by atoms with van der Waals surface area (Å²) in [4.78, 5) is 2.16. The van der Waals surface area contributed by atoms with E-state index in [0.717, 1.165) is 13.1 Å². The van der Waals surface area contributed by atoms with Gasteiger partial charge in [0.2, 0.25) is 0 Å². The van der Waals surface area contributed by atoms with Gasteiger partial charge >= 0.3 is 0 Å². The van der Waals surface area contributed by atoms with Gasteiger partial charge in [-0.05, 0) is 19.9 Å². The van der Waals surface area contributed by atoms with Crippen molar-refractivity contribution in [1.29, 1.82) is 0 Å². The van der Waals surface area contributed by atoms with Crippen molar-refractivity contribution < 1.29 is 13.2 Å². The monoisotopic (exact) mass is 264 g/mol. The highest BCUT2D eigenvalue weighted by Crippen LogP contribution is 2.28. The van der Waals surface area contributed by atoms with Crippen molar-refractivity contribution in [3.63, 3.8) is 0 Å². The third-order valence-electron chi connectivity index (χ3n) is 3.51. The number of rotatable bonds is 7. The number of nitrogens with zero attached hydrogens (tertiary/aromatic N) is 1. The Morgan fingerprint density at radius 3 is 2.53 bits per heavy atom. The fraction of sp³-hybridized carbons (Fsp3) is 1.00. The van der Waals surface area contributed by atoms with E-state index < -0.39 is 9.84 Å². The third-order valence-corrected chi connectivity index (χ3v) is 5.31. The molecule has 0 spiro atoms. The van der Waals surface area contributed by atoms with Gasteiger partial charge in [-0.3, -0.25) is 4.90 Å². The normalized spacial score (nSPS) is 27.8. The molecule has 0 bridgehead atoms. The van der Waals surface area contributed by atoms with Crippen LogP contribution in [0.25, 0.3) is 0 Å². The Morgan fingerprint density at radius 1 is 1.41 bits per heavy atom. The Hall–Kier alpha value is -0.170. The van der Waals surface area contributed by atoms with E-state index in [-0.39, 0.29) is 17.0 Å². The lowest BCUT2D eigenvalue weighted by Gasteiger charge is -2.39. The molecule has 1 aliphatic rings. The minimum Gasteiger partial charge on any atom is -0.380 e. The average Bonchev–Trinajstić information content (AvgIpc) is 2.62. The van der Waals surface area contributed by atoms with Crippen LogP contribution in [0.15, 0.2) is 0 Å². The van der Waals surface area contributed by atoms with Gasteiger partial charge in [-0.1, -0.05) is 6.92 Å². The van der Waals surface area contributed by atoms with Crippen LogP contribution in [0.1, 0.15) is 20.3 Å². The predicted octanol–water partition coefficient (Wildman–Crippen LogP) is -0.139. The molecule has 0 aromatic rings. The lowest BCUT2D eigenvalue weighted by molar-refractivity contribution is 0.0642. The second-order valence-corrected chi connectivity index (χ2v) is 6.73. The number of sulfone groups is 1. The first-order chi connectivity index (χ1) is 7.99. The number of hydrogen-bond donors (Lipinski definition) is 1. The molecule has 0 aromatic heterocycles. The Kier molecular flexibility index (Phi) is 5.37. The largest absolute Gasteiger partial charge is 0.380 e. The maximum absolute atomic E-state index is 11.6. The van der Waals surface area contributed by atoms with Gasteiger partial charge in [0.1, 0.15) is 0 Å². The fourth-order valence-electron chi connectivity index (χ4n) is 2.49. The van der Waals surface area contributed by atoms with Crippen molar-refractivity contribution in [2.75, 3.05) is 44.4 Å². The molecule has 1 saturated heterocycles. The van der Waals surface area contributed by atoms with Gasteiger partial charge in [-0.2, -0.15) is 0 Å². The van der Waals surface area contributed by atoms with Gasteiger partial charge in [0.15, 0.2) is 9.84 Å². The molecule has 1 unspecified atom stereocenters. The van der Waals surface area contributed by atoms with Crippen LogP contribution >= 0.6 is 0 Å². The van der Waals surface area contributed by atoms with Gasteiger partial charge in [-0.15, -0.1) is 0 Å². The van der Waals surface area contributed by atoms with Gasteiger partial charge in [0.05, 0.1) is 18.1 Å². The minimum absolute atomic E-state index is 0.191. The summed E-state index contributed by atoms with van der Waals surface area (Å²) in [7, 11) is -2.91. The molecule has 1 atom stereocenters. The molecule has 2 N–H and O–H groups in total. The zero-order valence-electron chi connectivity index (χ0n) is 10.8. The molecule has 0 aliphatic carbocycles. The van der Waals surface area contributed by atoms with E-state index in [0.29, 0.717) is 26.2 Å². The Balaban J connectivity index is 2.70. The van der Waals surface area contributed by atoms with Crippen molar-refractivity contribution >= 4 is 9.84 Å². The lowest BCUT2D eigenvalue weighted by Crippen LogP contribution is -2.55. The van der Waals surface area contributed by atoms with Crippen LogP contribution in [0.3, 0.4) is 0 Å². The topological polar surface area (TPSA) is 72.6 Å². The highest BCUT2D eigenvalue weighted by atomic mass is 32.2. The molecule has 1 aliphatic heterocycles. The molecular formula is C11H24N2O3S. The van der Waals surface area contributed by atoms with Crippen LogP contribution in [-0.2, 0) is 14.6 Å². The molecule has 1 heterocycles. The molecule has 17 heavy (non-hydrogen) atoms. The molecule has 0 radical (unpaired) electrons. The van der Waals surface area contributed by atoms with Crippen molar-refractivity contribution in [3.8, 4) is 0 Å². The number of hydrogen-bond acceptors (Lipinski definition) is 5. The zero-order valence-corrected chi connectivity index (χ0v) is 11.6. The second-order valence-electron chi connectivity index (χ2n) is 4.55. The fourth-order valence-corrected chi connectivity index (χ4v) is 4.59. The standard InChI is InChI=1S/C11H24N2O3S/c1-3-13(6-7-16-4-2)11(9-12)5-8-17(14,15)10-11/h3-10,12H2,1-2H3. The third kappa shape index (κ3) is 3.64. The summed E-state index contributed by atoms with van der Waals surface area (Å²) in [6.45, 7) is 7.25. The average molecular weight is 264 g/mol. The van der Waals surface area contributed by atoms with Crippen molar-refractivity contribution in [3.05, 3.63) is 0 Å². The van der Waals surface area contributed by atoms with E-state index in [2.05, 4.69) is 4.90 Å². The lowest BCUT2D eigenvalue weighted by atomic mass is 9.96. The van der Waals surface area contributed by atoms with Gasteiger partial charge in [0.25, 0.3) is 0 Å². The summed E-state index contributed by atoms with van der Waals surface area (Å²) in [5.74, 6) is 0.450. The SMILES string of the molecule is CCOCCN(CC)C1(CN)CCS(=O)(=O)C1. The molecule has 0 aromatic carbocycles. The van der Waals surface area contributed by atoms with Crippen LogP contribution in [0.4, 0.5) is 0 Å². The van der Waals surface area contributed by atoms with E-state index in [1.807, 2.05) is 13.8 Å². The van der Waals surface area contributed by atoms with Gasteiger partial charge in [0, 0.05) is 25.2 Å². The Bertz CT molecular complexity index is 332. The zero-order chi connectivity index (χ0) is 12.9. The van der Waals surface area contributed by atoms with Crippen LogP contribution in [-0.4, -0.2) is 63.2 Å². The van der Waals surface area contributed by atoms with Crippen LogP contribution in [0, 0.1) is 0 Å². The van der Waals surface area contributed by atoms with Crippen molar-refractivity contribution in [2.24, 2.45) is 5.73 Å². The smallest absolute Gasteiger partial charge is 0.152 e. The van der Waals surface area contributed by atoms with Crippen LogP contribution in [0.5, 0.6) is 0 Å². The van der Waals surface area contributed by atoms with Crippen LogP contribution in [0.2, 0.25) is 0 Å². The minimum atomic E-state index is -2.91. The Morgan fingerprint density at radius 2 is 2.12 bits per heavy atom. The maximum Gasteiger partial charge on any atom is 0.152 e. The van der Waals surface area contributed by atoms with E-state index >= 15 is 0 Å². The van der Waals surface area contributed by atoms with E-state index in [1.54, 1.807) is 0 Å². The van der Waals surface area contributed by atoms with Gasteiger partial charge < -0.3 is 10.5 Å². The molecule has 1 rings (SSSR count). The highest BCUT2D eigenvalue weighted by molar-refractivity contribution is 7.91.